The Bertz CT molecular complexity index is 449. The van der Waals surface area contributed by atoms with Gasteiger partial charge < -0.3 is 24.8 Å². The molecule has 0 bridgehead atoms. The number of anilines is 1. The summed E-state index contributed by atoms with van der Waals surface area (Å²) in [5, 5.41) is 0. The van der Waals surface area contributed by atoms with Crippen LogP contribution >= 0.6 is 0 Å². The molecule has 6 heteroatoms. The number of ether oxygens (including phenoxy) is 3. The van der Waals surface area contributed by atoms with Crippen molar-refractivity contribution in [2.24, 2.45) is 0 Å². The molecule has 1 fully saturated rings. The van der Waals surface area contributed by atoms with E-state index in [1.54, 1.807) is 24.3 Å². The molecule has 1 unspecified atom stereocenters. The standard InChI is InChI=1S/C15H22N2O4/c1-17-7-9-20-14(10-17)11-21-15(18)6-8-19-13-4-2-12(16)3-5-13/h2-5,14H,6-11,16H2,1H3. The number of hydrogen-bond donors (Lipinski definition) is 1. The highest BCUT2D eigenvalue weighted by Crippen LogP contribution is 2.13. The molecule has 1 aromatic carbocycles. The molecule has 1 aromatic rings. The highest BCUT2D eigenvalue weighted by Gasteiger charge is 2.19. The summed E-state index contributed by atoms with van der Waals surface area (Å²) in [6, 6.07) is 7.05. The van der Waals surface area contributed by atoms with Crippen LogP contribution in [0.15, 0.2) is 24.3 Å². The first-order valence-corrected chi connectivity index (χ1v) is 7.07. The van der Waals surface area contributed by atoms with E-state index >= 15 is 0 Å². The van der Waals surface area contributed by atoms with Gasteiger partial charge in [-0.2, -0.15) is 0 Å². The summed E-state index contributed by atoms with van der Waals surface area (Å²) < 4.78 is 16.2. The summed E-state index contributed by atoms with van der Waals surface area (Å²) >= 11 is 0. The minimum atomic E-state index is -0.276. The Kier molecular flexibility index (Phi) is 5.83. The fourth-order valence-corrected chi connectivity index (χ4v) is 2.04. The number of nitrogens with two attached hydrogens (primary N) is 1. The van der Waals surface area contributed by atoms with Crippen molar-refractivity contribution in [2.75, 3.05) is 45.7 Å². The maximum Gasteiger partial charge on any atom is 0.309 e. The number of carbonyl (C=O) groups excluding carboxylic acids is 1. The van der Waals surface area contributed by atoms with E-state index in [0.717, 1.165) is 13.1 Å². The number of hydrogen-bond acceptors (Lipinski definition) is 6. The molecular weight excluding hydrogens is 272 g/mol. The number of benzene rings is 1. The fraction of sp³-hybridized carbons (Fsp3) is 0.533. The molecule has 0 radical (unpaired) electrons. The molecule has 0 aromatic heterocycles. The van der Waals surface area contributed by atoms with Gasteiger partial charge in [0.1, 0.15) is 18.5 Å². The van der Waals surface area contributed by atoms with Crippen LogP contribution in [-0.4, -0.2) is 56.9 Å². The Balaban J connectivity index is 1.60. The maximum atomic E-state index is 11.6. The molecule has 6 nitrogen and oxygen atoms in total. The van der Waals surface area contributed by atoms with Crippen molar-refractivity contribution in [2.45, 2.75) is 12.5 Å². The first-order valence-electron chi connectivity index (χ1n) is 7.07. The lowest BCUT2D eigenvalue weighted by atomic mass is 10.3. The number of rotatable bonds is 6. The first-order chi connectivity index (χ1) is 10.1. The quantitative estimate of drug-likeness (QED) is 0.621. The molecule has 0 saturated carbocycles. The van der Waals surface area contributed by atoms with Crippen molar-refractivity contribution in [3.8, 4) is 5.75 Å². The average molecular weight is 294 g/mol. The topological polar surface area (TPSA) is 74.0 Å². The molecule has 0 spiro atoms. The van der Waals surface area contributed by atoms with Crippen LogP contribution in [0.5, 0.6) is 5.75 Å². The third-order valence-corrected chi connectivity index (χ3v) is 3.23. The van der Waals surface area contributed by atoms with Crippen molar-refractivity contribution in [1.29, 1.82) is 0 Å². The van der Waals surface area contributed by atoms with Crippen molar-refractivity contribution in [3.05, 3.63) is 24.3 Å². The molecule has 1 aliphatic rings. The van der Waals surface area contributed by atoms with Gasteiger partial charge in [0.25, 0.3) is 0 Å². The summed E-state index contributed by atoms with van der Waals surface area (Å²) in [4.78, 5) is 13.8. The van der Waals surface area contributed by atoms with E-state index in [0.29, 0.717) is 24.7 Å². The Morgan fingerprint density at radius 3 is 2.90 bits per heavy atom. The van der Waals surface area contributed by atoms with Gasteiger partial charge in [-0.05, 0) is 31.3 Å². The van der Waals surface area contributed by atoms with Crippen LogP contribution in [0.1, 0.15) is 6.42 Å². The second kappa shape index (κ2) is 7.85. The third-order valence-electron chi connectivity index (χ3n) is 3.23. The minimum Gasteiger partial charge on any atom is -0.493 e. The maximum absolute atomic E-state index is 11.6. The molecule has 0 amide bonds. The molecular formula is C15H22N2O4. The number of likely N-dealkylation sites (N-methyl/N-ethyl adjacent to an activating group) is 1. The zero-order chi connectivity index (χ0) is 15.1. The van der Waals surface area contributed by atoms with Crippen LogP contribution in [-0.2, 0) is 14.3 Å². The number of morpholine rings is 1. The fourth-order valence-electron chi connectivity index (χ4n) is 2.04. The van der Waals surface area contributed by atoms with E-state index in [4.69, 9.17) is 19.9 Å². The Morgan fingerprint density at radius 1 is 1.43 bits per heavy atom. The third kappa shape index (κ3) is 5.61. The van der Waals surface area contributed by atoms with Gasteiger partial charge in [-0.3, -0.25) is 4.79 Å². The number of carbonyl (C=O) groups is 1. The molecule has 2 N–H and O–H groups in total. The van der Waals surface area contributed by atoms with Crippen molar-refractivity contribution >= 4 is 11.7 Å². The van der Waals surface area contributed by atoms with E-state index in [1.165, 1.54) is 0 Å². The van der Waals surface area contributed by atoms with Crippen LogP contribution in [0.2, 0.25) is 0 Å². The molecule has 2 rings (SSSR count). The van der Waals surface area contributed by atoms with Gasteiger partial charge >= 0.3 is 5.97 Å². The van der Waals surface area contributed by atoms with Gasteiger partial charge in [0, 0.05) is 18.8 Å². The van der Waals surface area contributed by atoms with E-state index in [-0.39, 0.29) is 25.1 Å². The molecule has 1 atom stereocenters. The largest absolute Gasteiger partial charge is 0.493 e. The Hall–Kier alpha value is -1.79. The van der Waals surface area contributed by atoms with Crippen molar-refractivity contribution in [3.63, 3.8) is 0 Å². The summed E-state index contributed by atoms with van der Waals surface area (Å²) in [5.41, 5.74) is 6.26. The number of nitrogens with zero attached hydrogens (tertiary/aromatic N) is 1. The second-order valence-electron chi connectivity index (χ2n) is 5.11. The molecule has 1 heterocycles. The molecule has 0 aliphatic carbocycles. The van der Waals surface area contributed by atoms with Crippen LogP contribution in [0, 0.1) is 0 Å². The van der Waals surface area contributed by atoms with Gasteiger partial charge in [-0.25, -0.2) is 0 Å². The predicted octanol–water partition coefficient (Wildman–Crippen LogP) is 0.911. The zero-order valence-electron chi connectivity index (χ0n) is 12.3. The minimum absolute atomic E-state index is 0.0364. The lowest BCUT2D eigenvalue weighted by molar-refractivity contribution is -0.150. The van der Waals surface area contributed by atoms with Gasteiger partial charge in [-0.15, -0.1) is 0 Å². The van der Waals surface area contributed by atoms with E-state index in [1.807, 2.05) is 7.05 Å². The average Bonchev–Trinajstić information content (AvgIpc) is 2.47. The number of esters is 1. The second-order valence-corrected chi connectivity index (χ2v) is 5.11. The molecule has 1 saturated heterocycles. The first kappa shape index (κ1) is 15.6. The van der Waals surface area contributed by atoms with E-state index in [2.05, 4.69) is 4.90 Å². The van der Waals surface area contributed by atoms with Crippen molar-refractivity contribution < 1.29 is 19.0 Å². The molecule has 21 heavy (non-hydrogen) atoms. The summed E-state index contributed by atoms with van der Waals surface area (Å²) in [5.74, 6) is 0.413. The molecule has 1 aliphatic heterocycles. The SMILES string of the molecule is CN1CCOC(COC(=O)CCOc2ccc(N)cc2)C1. The van der Waals surface area contributed by atoms with Crippen LogP contribution < -0.4 is 10.5 Å². The lowest BCUT2D eigenvalue weighted by Crippen LogP contribution is -2.42. The Morgan fingerprint density at radius 2 is 2.19 bits per heavy atom. The predicted molar refractivity (Wildman–Crippen MR) is 79.2 cm³/mol. The van der Waals surface area contributed by atoms with Crippen molar-refractivity contribution in [1.82, 2.24) is 4.90 Å². The smallest absolute Gasteiger partial charge is 0.309 e. The van der Waals surface area contributed by atoms with E-state index in [9.17, 15) is 4.79 Å². The van der Waals surface area contributed by atoms with E-state index < -0.39 is 0 Å². The summed E-state index contributed by atoms with van der Waals surface area (Å²) in [6.07, 6.45) is 0.179. The highest BCUT2D eigenvalue weighted by atomic mass is 16.6. The normalized spacial score (nSPS) is 19.2. The van der Waals surface area contributed by atoms with Gasteiger partial charge in [-0.1, -0.05) is 0 Å². The van der Waals surface area contributed by atoms with Gasteiger partial charge in [0.2, 0.25) is 0 Å². The monoisotopic (exact) mass is 294 g/mol. The van der Waals surface area contributed by atoms with Crippen LogP contribution in [0.25, 0.3) is 0 Å². The van der Waals surface area contributed by atoms with Crippen LogP contribution in [0.3, 0.4) is 0 Å². The highest BCUT2D eigenvalue weighted by molar-refractivity contribution is 5.69. The summed E-state index contributed by atoms with van der Waals surface area (Å²) in [7, 11) is 2.03. The Labute approximate surface area is 124 Å². The van der Waals surface area contributed by atoms with Crippen LogP contribution in [0.4, 0.5) is 5.69 Å². The summed E-state index contributed by atoms with van der Waals surface area (Å²) in [6.45, 7) is 2.97. The van der Waals surface area contributed by atoms with Gasteiger partial charge in [0.05, 0.1) is 19.6 Å². The zero-order valence-corrected chi connectivity index (χ0v) is 12.3. The van der Waals surface area contributed by atoms with Gasteiger partial charge in [0.15, 0.2) is 0 Å². The molecule has 116 valence electrons. The number of nitrogen functional groups attached to an aromatic ring is 1. The lowest BCUT2D eigenvalue weighted by Gasteiger charge is -2.29.